The van der Waals surface area contributed by atoms with Gasteiger partial charge in [0.2, 0.25) is 0 Å². The first-order chi connectivity index (χ1) is 11.2. The van der Waals surface area contributed by atoms with E-state index in [4.69, 9.17) is 10.5 Å². The Morgan fingerprint density at radius 2 is 2.13 bits per heavy atom. The van der Waals surface area contributed by atoms with Crippen LogP contribution in [0.2, 0.25) is 0 Å². The molecule has 0 saturated heterocycles. The topological polar surface area (TPSA) is 81.6 Å². The summed E-state index contributed by atoms with van der Waals surface area (Å²) in [7, 11) is 0. The zero-order valence-corrected chi connectivity index (χ0v) is 12.8. The summed E-state index contributed by atoms with van der Waals surface area (Å²) in [5.74, 6) is 0.332. The summed E-state index contributed by atoms with van der Waals surface area (Å²) in [6.07, 6.45) is 3.57. The summed E-state index contributed by atoms with van der Waals surface area (Å²) in [4.78, 5) is 16.3. The average Bonchev–Trinajstić information content (AvgIpc) is 2.99. The summed E-state index contributed by atoms with van der Waals surface area (Å²) in [6.45, 7) is 2.24. The number of carbonyl (C=O) groups excluding carboxylic acids is 1. The summed E-state index contributed by atoms with van der Waals surface area (Å²) in [5.41, 5.74) is 8.99. The highest BCUT2D eigenvalue weighted by atomic mass is 16.5. The molecule has 0 radical (unpaired) electrons. The Morgan fingerprint density at radius 3 is 2.91 bits per heavy atom. The van der Waals surface area contributed by atoms with Crippen molar-refractivity contribution in [3.05, 3.63) is 60.0 Å². The number of pyridine rings is 1. The summed E-state index contributed by atoms with van der Waals surface area (Å²) in [5, 5.41) is 2.83. The second kappa shape index (κ2) is 6.50. The molecule has 6 heteroatoms. The first-order valence-corrected chi connectivity index (χ1v) is 7.32. The Balaban J connectivity index is 1.70. The minimum atomic E-state index is -0.216. The van der Waals surface area contributed by atoms with Gasteiger partial charge in [-0.3, -0.25) is 9.20 Å². The predicted molar refractivity (Wildman–Crippen MR) is 88.4 cm³/mol. The number of carbonyl (C=O) groups is 1. The highest BCUT2D eigenvalue weighted by molar-refractivity contribution is 5.92. The standard InChI is InChI=1S/C17H18N4O2/c1-12-5-2-3-6-14(12)20-16(22)11-23-15-7-4-8-21-13(9-18)10-19-17(15)21/h2-8,10H,9,11,18H2,1H3,(H,20,22). The van der Waals surface area contributed by atoms with Crippen LogP contribution >= 0.6 is 0 Å². The fraction of sp³-hybridized carbons (Fsp3) is 0.176. The number of amides is 1. The van der Waals surface area contributed by atoms with Crippen molar-refractivity contribution in [2.24, 2.45) is 5.73 Å². The van der Waals surface area contributed by atoms with Gasteiger partial charge in [-0.1, -0.05) is 18.2 Å². The zero-order valence-electron chi connectivity index (χ0n) is 12.8. The SMILES string of the molecule is Cc1ccccc1NC(=O)COc1cccn2c(CN)cnc12. The molecule has 3 aromatic rings. The smallest absolute Gasteiger partial charge is 0.262 e. The third kappa shape index (κ3) is 3.17. The molecule has 2 heterocycles. The van der Waals surface area contributed by atoms with E-state index < -0.39 is 0 Å². The molecule has 1 aromatic carbocycles. The van der Waals surface area contributed by atoms with Gasteiger partial charge in [-0.05, 0) is 30.7 Å². The van der Waals surface area contributed by atoms with Crippen molar-refractivity contribution in [1.82, 2.24) is 9.38 Å². The van der Waals surface area contributed by atoms with Gasteiger partial charge in [-0.15, -0.1) is 0 Å². The normalized spacial score (nSPS) is 10.7. The number of para-hydroxylation sites is 1. The number of hydrogen-bond donors (Lipinski definition) is 2. The number of nitrogens with zero attached hydrogens (tertiary/aromatic N) is 2. The van der Waals surface area contributed by atoms with Gasteiger partial charge in [0.1, 0.15) is 0 Å². The molecule has 0 aliphatic heterocycles. The number of ether oxygens (including phenoxy) is 1. The maximum absolute atomic E-state index is 12.1. The van der Waals surface area contributed by atoms with E-state index in [1.165, 1.54) is 0 Å². The molecule has 0 unspecified atom stereocenters. The van der Waals surface area contributed by atoms with Crippen LogP contribution in [0.25, 0.3) is 5.65 Å². The number of nitrogens with two attached hydrogens (primary N) is 1. The number of nitrogens with one attached hydrogen (secondary N) is 1. The van der Waals surface area contributed by atoms with E-state index in [0.29, 0.717) is 17.9 Å². The molecule has 0 fully saturated rings. The van der Waals surface area contributed by atoms with Crippen molar-refractivity contribution in [2.75, 3.05) is 11.9 Å². The first-order valence-electron chi connectivity index (χ1n) is 7.32. The summed E-state index contributed by atoms with van der Waals surface area (Å²) < 4.78 is 7.47. The van der Waals surface area contributed by atoms with Gasteiger partial charge < -0.3 is 15.8 Å². The lowest BCUT2D eigenvalue weighted by molar-refractivity contribution is -0.118. The monoisotopic (exact) mass is 310 g/mol. The molecule has 1 amide bonds. The van der Waals surface area contributed by atoms with Gasteiger partial charge in [0.25, 0.3) is 5.91 Å². The number of imidazole rings is 1. The minimum Gasteiger partial charge on any atom is -0.480 e. The number of hydrogen-bond acceptors (Lipinski definition) is 4. The van der Waals surface area contributed by atoms with Crippen molar-refractivity contribution in [1.29, 1.82) is 0 Å². The van der Waals surface area contributed by atoms with Crippen LogP contribution in [0.5, 0.6) is 5.75 Å². The lowest BCUT2D eigenvalue weighted by atomic mass is 10.2. The van der Waals surface area contributed by atoms with E-state index >= 15 is 0 Å². The zero-order chi connectivity index (χ0) is 16.2. The molecule has 118 valence electrons. The summed E-state index contributed by atoms with van der Waals surface area (Å²) in [6, 6.07) is 11.2. The fourth-order valence-electron chi connectivity index (χ4n) is 2.34. The van der Waals surface area contributed by atoms with E-state index in [2.05, 4.69) is 10.3 Å². The van der Waals surface area contributed by atoms with Gasteiger partial charge in [0, 0.05) is 18.4 Å². The van der Waals surface area contributed by atoms with Crippen LogP contribution < -0.4 is 15.8 Å². The highest BCUT2D eigenvalue weighted by Crippen LogP contribution is 2.19. The molecule has 6 nitrogen and oxygen atoms in total. The Labute approximate surface area is 133 Å². The first kappa shape index (κ1) is 15.1. The Hall–Kier alpha value is -2.86. The second-order valence-electron chi connectivity index (χ2n) is 5.17. The number of anilines is 1. The van der Waals surface area contributed by atoms with Crippen LogP contribution in [0.15, 0.2) is 48.8 Å². The molecule has 0 bridgehead atoms. The van der Waals surface area contributed by atoms with Gasteiger partial charge in [-0.25, -0.2) is 4.98 Å². The van der Waals surface area contributed by atoms with E-state index in [1.807, 2.05) is 47.9 Å². The van der Waals surface area contributed by atoms with Crippen molar-refractivity contribution in [3.8, 4) is 5.75 Å². The molecule has 23 heavy (non-hydrogen) atoms. The Morgan fingerprint density at radius 1 is 1.30 bits per heavy atom. The Kier molecular flexibility index (Phi) is 4.25. The van der Waals surface area contributed by atoms with Crippen LogP contribution in [0.3, 0.4) is 0 Å². The van der Waals surface area contributed by atoms with Crippen molar-refractivity contribution in [2.45, 2.75) is 13.5 Å². The molecule has 3 rings (SSSR count). The van der Waals surface area contributed by atoms with Crippen molar-refractivity contribution in [3.63, 3.8) is 0 Å². The molecular weight excluding hydrogens is 292 g/mol. The van der Waals surface area contributed by atoms with E-state index in [0.717, 1.165) is 16.9 Å². The maximum Gasteiger partial charge on any atom is 0.262 e. The van der Waals surface area contributed by atoms with Gasteiger partial charge in [-0.2, -0.15) is 0 Å². The molecule has 0 spiro atoms. The van der Waals surface area contributed by atoms with Crippen LogP contribution in [-0.2, 0) is 11.3 Å². The molecule has 2 aromatic heterocycles. The molecule has 0 aliphatic carbocycles. The van der Waals surface area contributed by atoms with Gasteiger partial charge in [0.05, 0.1) is 11.9 Å². The number of benzene rings is 1. The fourth-order valence-corrected chi connectivity index (χ4v) is 2.34. The highest BCUT2D eigenvalue weighted by Gasteiger charge is 2.10. The lowest BCUT2D eigenvalue weighted by Gasteiger charge is -2.10. The van der Waals surface area contributed by atoms with Gasteiger partial charge >= 0.3 is 0 Å². The maximum atomic E-state index is 12.1. The number of rotatable bonds is 5. The van der Waals surface area contributed by atoms with Crippen LogP contribution in [0, 0.1) is 6.92 Å². The predicted octanol–water partition coefficient (Wildman–Crippen LogP) is 2.12. The van der Waals surface area contributed by atoms with Gasteiger partial charge in [0.15, 0.2) is 18.0 Å². The molecular formula is C17H18N4O2. The van der Waals surface area contributed by atoms with Crippen LogP contribution in [-0.4, -0.2) is 21.9 Å². The van der Waals surface area contributed by atoms with Crippen LogP contribution in [0.1, 0.15) is 11.3 Å². The lowest BCUT2D eigenvalue weighted by Crippen LogP contribution is -2.20. The third-order valence-electron chi connectivity index (χ3n) is 3.56. The minimum absolute atomic E-state index is 0.0845. The largest absolute Gasteiger partial charge is 0.480 e. The molecule has 0 aliphatic rings. The van der Waals surface area contributed by atoms with E-state index in [1.54, 1.807) is 12.3 Å². The van der Waals surface area contributed by atoms with Crippen molar-refractivity contribution >= 4 is 17.2 Å². The third-order valence-corrected chi connectivity index (χ3v) is 3.56. The number of aromatic nitrogens is 2. The quantitative estimate of drug-likeness (QED) is 0.756. The van der Waals surface area contributed by atoms with E-state index in [-0.39, 0.29) is 12.5 Å². The molecule has 0 saturated carbocycles. The number of aryl methyl sites for hydroxylation is 1. The average molecular weight is 310 g/mol. The van der Waals surface area contributed by atoms with Crippen LogP contribution in [0.4, 0.5) is 5.69 Å². The summed E-state index contributed by atoms with van der Waals surface area (Å²) >= 11 is 0. The Bertz CT molecular complexity index is 841. The molecule has 3 N–H and O–H groups in total. The second-order valence-corrected chi connectivity index (χ2v) is 5.17. The van der Waals surface area contributed by atoms with E-state index in [9.17, 15) is 4.79 Å². The van der Waals surface area contributed by atoms with Crippen molar-refractivity contribution < 1.29 is 9.53 Å². The number of fused-ring (bicyclic) bond motifs is 1. The molecule has 0 atom stereocenters.